The molecule has 3 N–H and O–H groups in total. The van der Waals surface area contributed by atoms with Crippen LogP contribution in [0.3, 0.4) is 0 Å². The molecule has 78 valence electrons. The third-order valence-electron chi connectivity index (χ3n) is 2.42. The van der Waals surface area contributed by atoms with Gasteiger partial charge in [-0.15, -0.1) is 0 Å². The summed E-state index contributed by atoms with van der Waals surface area (Å²) in [6.07, 6.45) is 0. The average molecular weight is 204 g/mol. The van der Waals surface area contributed by atoms with Crippen LogP contribution in [-0.4, -0.2) is 17.1 Å². The minimum absolute atomic E-state index is 0.126. The third kappa shape index (κ3) is 1.54. The maximum Gasteiger partial charge on any atom is 0.251 e. The van der Waals surface area contributed by atoms with Crippen molar-refractivity contribution in [3.05, 3.63) is 34.1 Å². The summed E-state index contributed by atoms with van der Waals surface area (Å²) in [6.45, 7) is 1.75. The van der Waals surface area contributed by atoms with Crippen LogP contribution in [0.15, 0.2) is 23.0 Å². The van der Waals surface area contributed by atoms with Crippen molar-refractivity contribution in [2.24, 2.45) is 0 Å². The molecule has 0 radical (unpaired) electrons. The van der Waals surface area contributed by atoms with Crippen LogP contribution in [0, 0.1) is 6.92 Å². The van der Waals surface area contributed by atoms with Gasteiger partial charge in [-0.05, 0) is 19.1 Å². The number of aromatic amines is 1. The Labute approximate surface area is 86.6 Å². The predicted molar refractivity (Wildman–Crippen MR) is 60.5 cm³/mol. The van der Waals surface area contributed by atoms with E-state index in [0.29, 0.717) is 16.8 Å². The van der Waals surface area contributed by atoms with Crippen LogP contribution in [0.4, 0.5) is 5.69 Å². The number of phenols is 1. The number of anilines is 1. The number of aryl methyl sites for hydroxylation is 1. The number of hydrogen-bond acceptors (Lipinski definition) is 3. The van der Waals surface area contributed by atoms with Gasteiger partial charge in [0.05, 0.1) is 11.2 Å². The van der Waals surface area contributed by atoms with E-state index in [4.69, 9.17) is 0 Å². The summed E-state index contributed by atoms with van der Waals surface area (Å²) in [4.78, 5) is 14.1. The molecule has 1 heterocycles. The summed E-state index contributed by atoms with van der Waals surface area (Å²) >= 11 is 0. The van der Waals surface area contributed by atoms with Crippen molar-refractivity contribution in [1.82, 2.24) is 4.98 Å². The lowest BCUT2D eigenvalue weighted by molar-refractivity contribution is 0.478. The highest BCUT2D eigenvalue weighted by Gasteiger charge is 2.04. The Bertz CT molecular complexity index is 573. The first-order chi connectivity index (χ1) is 7.11. The van der Waals surface area contributed by atoms with E-state index in [-0.39, 0.29) is 11.3 Å². The van der Waals surface area contributed by atoms with Gasteiger partial charge < -0.3 is 15.4 Å². The van der Waals surface area contributed by atoms with Crippen LogP contribution < -0.4 is 10.9 Å². The molecule has 0 saturated heterocycles. The van der Waals surface area contributed by atoms with Gasteiger partial charge in [0, 0.05) is 24.1 Å². The van der Waals surface area contributed by atoms with Crippen molar-refractivity contribution >= 4 is 16.6 Å². The van der Waals surface area contributed by atoms with Gasteiger partial charge >= 0.3 is 0 Å². The molecule has 15 heavy (non-hydrogen) atoms. The van der Waals surface area contributed by atoms with Crippen LogP contribution in [0.5, 0.6) is 5.75 Å². The fourth-order valence-electron chi connectivity index (χ4n) is 1.55. The normalized spacial score (nSPS) is 10.5. The molecule has 0 aliphatic carbocycles. The summed E-state index contributed by atoms with van der Waals surface area (Å²) in [6, 6.07) is 5.14. The Kier molecular flexibility index (Phi) is 2.11. The SMILES string of the molecule is CNc1cc2cc(C)c(=O)[nH]c2cc1O. The number of phenolic OH excluding ortho intramolecular Hbond substituents is 1. The topological polar surface area (TPSA) is 65.1 Å². The minimum atomic E-state index is -0.126. The summed E-state index contributed by atoms with van der Waals surface area (Å²) in [5, 5.41) is 13.4. The number of pyridine rings is 1. The van der Waals surface area contributed by atoms with E-state index in [1.807, 2.05) is 0 Å². The zero-order valence-corrected chi connectivity index (χ0v) is 8.59. The zero-order chi connectivity index (χ0) is 11.0. The molecule has 0 unspecified atom stereocenters. The smallest absolute Gasteiger partial charge is 0.251 e. The lowest BCUT2D eigenvalue weighted by Crippen LogP contribution is -2.08. The van der Waals surface area contributed by atoms with Crippen molar-refractivity contribution < 1.29 is 5.11 Å². The van der Waals surface area contributed by atoms with Gasteiger partial charge in [0.15, 0.2) is 0 Å². The highest BCUT2D eigenvalue weighted by molar-refractivity contribution is 5.85. The molecule has 2 rings (SSSR count). The summed E-state index contributed by atoms with van der Waals surface area (Å²) in [7, 11) is 1.74. The molecule has 0 bridgehead atoms. The molecule has 0 aliphatic heterocycles. The summed E-state index contributed by atoms with van der Waals surface area (Å²) in [5.41, 5.74) is 1.82. The molecule has 0 aliphatic rings. The molecule has 0 spiro atoms. The second kappa shape index (κ2) is 3.31. The molecule has 0 atom stereocenters. The van der Waals surface area contributed by atoms with Gasteiger partial charge in [0.25, 0.3) is 5.56 Å². The molecular formula is C11H12N2O2. The van der Waals surface area contributed by atoms with Crippen molar-refractivity contribution in [2.75, 3.05) is 12.4 Å². The van der Waals surface area contributed by atoms with Gasteiger partial charge in [0.1, 0.15) is 5.75 Å². The summed E-state index contributed by atoms with van der Waals surface area (Å²) in [5.74, 6) is 0.129. The van der Waals surface area contributed by atoms with E-state index < -0.39 is 0 Å². The lowest BCUT2D eigenvalue weighted by Gasteiger charge is -2.06. The first kappa shape index (κ1) is 9.58. The van der Waals surface area contributed by atoms with Crippen molar-refractivity contribution in [3.63, 3.8) is 0 Å². The van der Waals surface area contributed by atoms with E-state index in [0.717, 1.165) is 5.39 Å². The number of hydrogen-bond donors (Lipinski definition) is 3. The second-order valence-electron chi connectivity index (χ2n) is 3.49. The van der Waals surface area contributed by atoms with Crippen LogP contribution in [-0.2, 0) is 0 Å². The van der Waals surface area contributed by atoms with Crippen molar-refractivity contribution in [2.45, 2.75) is 6.92 Å². The van der Waals surface area contributed by atoms with Gasteiger partial charge in [-0.3, -0.25) is 4.79 Å². The fourth-order valence-corrected chi connectivity index (χ4v) is 1.55. The number of fused-ring (bicyclic) bond motifs is 1. The van der Waals surface area contributed by atoms with E-state index in [2.05, 4.69) is 10.3 Å². The average Bonchev–Trinajstić information content (AvgIpc) is 2.20. The number of rotatable bonds is 1. The van der Waals surface area contributed by atoms with Crippen molar-refractivity contribution in [3.8, 4) is 5.75 Å². The highest BCUT2D eigenvalue weighted by atomic mass is 16.3. The monoisotopic (exact) mass is 204 g/mol. The fraction of sp³-hybridized carbons (Fsp3) is 0.182. The van der Waals surface area contributed by atoms with Crippen LogP contribution >= 0.6 is 0 Å². The standard InChI is InChI=1S/C11H12N2O2/c1-6-3-7-4-9(12-2)10(14)5-8(7)13-11(6)15/h3-5,12,14H,1-2H3,(H,13,15). The maximum absolute atomic E-state index is 11.3. The lowest BCUT2D eigenvalue weighted by atomic mass is 10.1. The van der Waals surface area contributed by atoms with E-state index in [1.54, 1.807) is 32.2 Å². The molecule has 4 heteroatoms. The Morgan fingerprint density at radius 2 is 2.07 bits per heavy atom. The van der Waals surface area contributed by atoms with Crippen LogP contribution in [0.2, 0.25) is 0 Å². The predicted octanol–water partition coefficient (Wildman–Crippen LogP) is 1.58. The quantitative estimate of drug-likeness (QED) is 0.618. The molecular weight excluding hydrogens is 192 g/mol. The number of aromatic hydroxyl groups is 1. The van der Waals surface area contributed by atoms with Crippen LogP contribution in [0.25, 0.3) is 10.9 Å². The molecule has 0 saturated carbocycles. The summed E-state index contributed by atoms with van der Waals surface area (Å²) < 4.78 is 0. The van der Waals surface area contributed by atoms with E-state index in [1.165, 1.54) is 0 Å². The molecule has 0 amide bonds. The highest BCUT2D eigenvalue weighted by Crippen LogP contribution is 2.27. The number of benzene rings is 1. The molecule has 4 nitrogen and oxygen atoms in total. The number of aromatic nitrogens is 1. The van der Waals surface area contributed by atoms with Gasteiger partial charge in [-0.2, -0.15) is 0 Å². The Morgan fingerprint density at radius 3 is 2.73 bits per heavy atom. The largest absolute Gasteiger partial charge is 0.506 e. The number of H-pyrrole nitrogens is 1. The zero-order valence-electron chi connectivity index (χ0n) is 8.59. The maximum atomic E-state index is 11.3. The Morgan fingerprint density at radius 1 is 1.33 bits per heavy atom. The third-order valence-corrected chi connectivity index (χ3v) is 2.42. The first-order valence-corrected chi connectivity index (χ1v) is 4.66. The minimum Gasteiger partial charge on any atom is -0.506 e. The van der Waals surface area contributed by atoms with E-state index >= 15 is 0 Å². The molecule has 1 aromatic carbocycles. The van der Waals surface area contributed by atoms with Gasteiger partial charge in [0.2, 0.25) is 0 Å². The number of nitrogens with one attached hydrogen (secondary N) is 2. The Hall–Kier alpha value is -1.97. The molecule has 2 aromatic rings. The molecule has 1 aromatic heterocycles. The Balaban J connectivity index is 2.82. The van der Waals surface area contributed by atoms with Crippen molar-refractivity contribution in [1.29, 1.82) is 0 Å². The van der Waals surface area contributed by atoms with Gasteiger partial charge in [-0.1, -0.05) is 0 Å². The molecule has 0 fully saturated rings. The van der Waals surface area contributed by atoms with Crippen LogP contribution in [0.1, 0.15) is 5.56 Å². The first-order valence-electron chi connectivity index (χ1n) is 4.66. The van der Waals surface area contributed by atoms with E-state index in [9.17, 15) is 9.90 Å². The van der Waals surface area contributed by atoms with Gasteiger partial charge in [-0.25, -0.2) is 0 Å². The second-order valence-corrected chi connectivity index (χ2v) is 3.49.